The summed E-state index contributed by atoms with van der Waals surface area (Å²) in [7, 11) is 0. The Balaban J connectivity index is 2.60. The third-order valence-corrected chi connectivity index (χ3v) is 3.00. The molecule has 0 saturated carbocycles. The van der Waals surface area contributed by atoms with Gasteiger partial charge in [-0.05, 0) is 36.6 Å². The number of fused-ring (bicyclic) bond motifs is 1. The van der Waals surface area contributed by atoms with E-state index in [0.29, 0.717) is 0 Å². The summed E-state index contributed by atoms with van der Waals surface area (Å²) in [6, 6.07) is 5.46. The molecule has 0 amide bonds. The van der Waals surface area contributed by atoms with Gasteiger partial charge in [-0.25, -0.2) is 4.39 Å². The van der Waals surface area contributed by atoms with Crippen LogP contribution in [0.1, 0.15) is 32.3 Å². The van der Waals surface area contributed by atoms with Crippen molar-refractivity contribution in [1.29, 1.82) is 0 Å². The van der Waals surface area contributed by atoms with E-state index in [4.69, 9.17) is 5.73 Å². The molecule has 2 N–H and O–H groups in total. The third-order valence-electron chi connectivity index (χ3n) is 3.00. The zero-order valence-corrected chi connectivity index (χ0v) is 10.6. The second kappa shape index (κ2) is 4.49. The molecule has 1 aromatic heterocycles. The van der Waals surface area contributed by atoms with Crippen LogP contribution in [0.25, 0.3) is 10.9 Å². The lowest BCUT2D eigenvalue weighted by Crippen LogP contribution is -2.21. The van der Waals surface area contributed by atoms with Crippen molar-refractivity contribution in [1.82, 2.24) is 4.57 Å². The summed E-state index contributed by atoms with van der Waals surface area (Å²) in [5, 5.41) is 1.00. The van der Waals surface area contributed by atoms with Crippen LogP contribution in [0.15, 0.2) is 24.4 Å². The number of nitrogens with zero attached hydrogens (tertiary/aromatic N) is 1. The molecule has 17 heavy (non-hydrogen) atoms. The van der Waals surface area contributed by atoms with Crippen LogP contribution in [0.3, 0.4) is 0 Å². The molecule has 2 rings (SSSR count). The first-order chi connectivity index (χ1) is 8.00. The lowest BCUT2D eigenvalue weighted by Gasteiger charge is -2.12. The number of hydrogen-bond acceptors (Lipinski definition) is 1. The molecule has 1 heterocycles. The van der Waals surface area contributed by atoms with Crippen LogP contribution in [0.2, 0.25) is 0 Å². The molecule has 0 fully saturated rings. The SMILES string of the molecule is CC(C)c1c(F)ccc2c1ccn2C[C@H](C)N. The summed E-state index contributed by atoms with van der Waals surface area (Å²) in [6.45, 7) is 6.76. The highest BCUT2D eigenvalue weighted by Crippen LogP contribution is 2.29. The molecule has 2 aromatic rings. The topological polar surface area (TPSA) is 30.9 Å². The summed E-state index contributed by atoms with van der Waals surface area (Å²) in [6.07, 6.45) is 1.99. The molecule has 0 aliphatic carbocycles. The molecule has 1 atom stereocenters. The van der Waals surface area contributed by atoms with Crippen LogP contribution < -0.4 is 5.73 Å². The second-order valence-corrected chi connectivity index (χ2v) is 4.99. The normalized spacial score (nSPS) is 13.5. The second-order valence-electron chi connectivity index (χ2n) is 4.99. The minimum Gasteiger partial charge on any atom is -0.346 e. The van der Waals surface area contributed by atoms with Crippen LogP contribution in [-0.4, -0.2) is 10.6 Å². The van der Waals surface area contributed by atoms with Gasteiger partial charge in [0.2, 0.25) is 0 Å². The maximum atomic E-state index is 13.8. The highest BCUT2D eigenvalue weighted by atomic mass is 19.1. The zero-order valence-electron chi connectivity index (χ0n) is 10.6. The van der Waals surface area contributed by atoms with Gasteiger partial charge < -0.3 is 10.3 Å². The van der Waals surface area contributed by atoms with E-state index in [1.807, 2.05) is 39.1 Å². The van der Waals surface area contributed by atoms with Crippen molar-refractivity contribution in [2.75, 3.05) is 0 Å². The van der Waals surface area contributed by atoms with Gasteiger partial charge in [0, 0.05) is 29.7 Å². The van der Waals surface area contributed by atoms with E-state index in [-0.39, 0.29) is 17.8 Å². The van der Waals surface area contributed by atoms with E-state index in [9.17, 15) is 4.39 Å². The minimum atomic E-state index is -0.119. The predicted molar refractivity (Wildman–Crippen MR) is 69.6 cm³/mol. The van der Waals surface area contributed by atoms with E-state index in [0.717, 1.165) is 23.0 Å². The summed E-state index contributed by atoms with van der Waals surface area (Å²) < 4.78 is 15.9. The Bertz CT molecular complexity index is 526. The van der Waals surface area contributed by atoms with Crippen molar-refractivity contribution in [3.63, 3.8) is 0 Å². The van der Waals surface area contributed by atoms with Crippen LogP contribution in [-0.2, 0) is 6.54 Å². The highest BCUT2D eigenvalue weighted by molar-refractivity contribution is 5.84. The maximum absolute atomic E-state index is 13.8. The Kier molecular flexibility index (Phi) is 3.20. The van der Waals surface area contributed by atoms with Gasteiger partial charge >= 0.3 is 0 Å². The Morgan fingerprint density at radius 1 is 1.24 bits per heavy atom. The van der Waals surface area contributed by atoms with E-state index < -0.39 is 0 Å². The molecule has 1 aromatic carbocycles. The van der Waals surface area contributed by atoms with Gasteiger partial charge in [-0.1, -0.05) is 13.8 Å². The number of halogens is 1. The zero-order chi connectivity index (χ0) is 12.6. The summed E-state index contributed by atoms with van der Waals surface area (Å²) in [5.74, 6) is 0.0656. The predicted octanol–water partition coefficient (Wildman–Crippen LogP) is 3.25. The van der Waals surface area contributed by atoms with E-state index in [1.54, 1.807) is 6.07 Å². The molecule has 0 radical (unpaired) electrons. The fraction of sp³-hybridized carbons (Fsp3) is 0.429. The molecule has 0 bridgehead atoms. The van der Waals surface area contributed by atoms with Gasteiger partial charge in [0.15, 0.2) is 0 Å². The summed E-state index contributed by atoms with van der Waals surface area (Å²) in [4.78, 5) is 0. The first-order valence-corrected chi connectivity index (χ1v) is 6.03. The van der Waals surface area contributed by atoms with Gasteiger partial charge in [-0.3, -0.25) is 0 Å². The van der Waals surface area contributed by atoms with Gasteiger partial charge in [-0.2, -0.15) is 0 Å². The van der Waals surface area contributed by atoms with Crippen molar-refractivity contribution >= 4 is 10.9 Å². The Hall–Kier alpha value is -1.35. The largest absolute Gasteiger partial charge is 0.346 e. The lowest BCUT2D eigenvalue weighted by atomic mass is 9.99. The molecular weight excluding hydrogens is 215 g/mol. The number of hydrogen-bond donors (Lipinski definition) is 1. The molecule has 0 unspecified atom stereocenters. The molecule has 3 heteroatoms. The lowest BCUT2D eigenvalue weighted by molar-refractivity contribution is 0.597. The van der Waals surface area contributed by atoms with Crippen LogP contribution in [0.4, 0.5) is 4.39 Å². The molecular formula is C14H19FN2. The maximum Gasteiger partial charge on any atom is 0.127 e. The van der Waals surface area contributed by atoms with Crippen molar-refractivity contribution in [3.05, 3.63) is 35.8 Å². The molecule has 2 nitrogen and oxygen atoms in total. The summed E-state index contributed by atoms with van der Waals surface area (Å²) >= 11 is 0. The third kappa shape index (κ3) is 2.20. The first-order valence-electron chi connectivity index (χ1n) is 6.03. The smallest absolute Gasteiger partial charge is 0.127 e. The van der Waals surface area contributed by atoms with Gasteiger partial charge in [-0.15, -0.1) is 0 Å². The molecule has 0 aliphatic heterocycles. The molecule has 0 spiro atoms. The first kappa shape index (κ1) is 12.1. The van der Waals surface area contributed by atoms with Crippen LogP contribution in [0.5, 0.6) is 0 Å². The quantitative estimate of drug-likeness (QED) is 0.868. The number of rotatable bonds is 3. The molecule has 0 aliphatic rings. The van der Waals surface area contributed by atoms with E-state index in [2.05, 4.69) is 4.57 Å². The van der Waals surface area contributed by atoms with E-state index >= 15 is 0 Å². The fourth-order valence-corrected chi connectivity index (χ4v) is 2.32. The van der Waals surface area contributed by atoms with Gasteiger partial charge in [0.05, 0.1) is 0 Å². The Morgan fingerprint density at radius 3 is 2.53 bits per heavy atom. The number of aromatic nitrogens is 1. The Morgan fingerprint density at radius 2 is 1.94 bits per heavy atom. The van der Waals surface area contributed by atoms with Crippen LogP contribution >= 0.6 is 0 Å². The molecule has 0 saturated heterocycles. The standard InChI is InChI=1S/C14H19FN2/c1-9(2)14-11-6-7-17(8-10(3)16)13(11)5-4-12(14)15/h4-7,9-10H,8,16H2,1-3H3/t10-/m0/s1. The minimum absolute atomic E-state index is 0.0955. The van der Waals surface area contributed by atoms with E-state index in [1.165, 1.54) is 0 Å². The summed E-state index contributed by atoms with van der Waals surface area (Å²) in [5.41, 5.74) is 7.67. The van der Waals surface area contributed by atoms with Crippen molar-refractivity contribution in [3.8, 4) is 0 Å². The van der Waals surface area contributed by atoms with Crippen LogP contribution in [0, 0.1) is 5.82 Å². The highest BCUT2D eigenvalue weighted by Gasteiger charge is 2.13. The number of nitrogens with two attached hydrogens (primary N) is 1. The monoisotopic (exact) mass is 234 g/mol. The van der Waals surface area contributed by atoms with Gasteiger partial charge in [0.25, 0.3) is 0 Å². The fourth-order valence-electron chi connectivity index (χ4n) is 2.32. The van der Waals surface area contributed by atoms with Crippen molar-refractivity contribution in [2.45, 2.75) is 39.3 Å². The van der Waals surface area contributed by atoms with Gasteiger partial charge in [0.1, 0.15) is 5.82 Å². The van der Waals surface area contributed by atoms with Crippen molar-refractivity contribution < 1.29 is 4.39 Å². The van der Waals surface area contributed by atoms with Crippen molar-refractivity contribution in [2.24, 2.45) is 5.73 Å². The average molecular weight is 234 g/mol. The number of benzene rings is 1. The molecule has 92 valence electrons. The average Bonchev–Trinajstić information content (AvgIpc) is 2.59. The Labute approximate surface area is 101 Å².